The summed E-state index contributed by atoms with van der Waals surface area (Å²) in [6.07, 6.45) is 4.65. The number of H-pyrrole nitrogens is 1. The van der Waals surface area contributed by atoms with Crippen LogP contribution in [0.1, 0.15) is 39.5 Å². The number of aromatic nitrogens is 3. The summed E-state index contributed by atoms with van der Waals surface area (Å²) in [5.74, 6) is 0. The number of rotatable bonds is 6. The molecule has 0 aromatic carbocycles. The van der Waals surface area contributed by atoms with Gasteiger partial charge in [0.2, 0.25) is 0 Å². The van der Waals surface area contributed by atoms with E-state index in [2.05, 4.69) is 29.4 Å². The molecule has 102 valence electrons. The summed E-state index contributed by atoms with van der Waals surface area (Å²) in [7, 11) is 0. The van der Waals surface area contributed by atoms with Gasteiger partial charge in [0, 0.05) is 17.8 Å². The van der Waals surface area contributed by atoms with Crippen LogP contribution < -0.4 is 11.0 Å². The third kappa shape index (κ3) is 2.98. The van der Waals surface area contributed by atoms with Gasteiger partial charge in [0.25, 0.3) is 0 Å². The molecule has 0 spiro atoms. The first-order valence-corrected chi connectivity index (χ1v) is 7.69. The van der Waals surface area contributed by atoms with Gasteiger partial charge in [-0.3, -0.25) is 4.57 Å². The van der Waals surface area contributed by atoms with Crippen molar-refractivity contribution in [3.63, 3.8) is 0 Å². The van der Waals surface area contributed by atoms with E-state index in [1.54, 1.807) is 16.3 Å². The van der Waals surface area contributed by atoms with Gasteiger partial charge in [-0.1, -0.05) is 32.0 Å². The fourth-order valence-corrected chi connectivity index (χ4v) is 3.86. The highest BCUT2D eigenvalue weighted by Gasteiger charge is 2.29. The average molecular weight is 270 g/mol. The van der Waals surface area contributed by atoms with Crippen molar-refractivity contribution >= 4 is 11.8 Å². The van der Waals surface area contributed by atoms with E-state index in [4.69, 9.17) is 0 Å². The maximum atomic E-state index is 11.6. The minimum absolute atomic E-state index is 0.0858. The van der Waals surface area contributed by atoms with Gasteiger partial charge in [-0.15, -0.1) is 5.10 Å². The second-order valence-corrected chi connectivity index (χ2v) is 5.92. The van der Waals surface area contributed by atoms with Crippen LogP contribution in [-0.2, 0) is 6.54 Å². The van der Waals surface area contributed by atoms with E-state index in [0.717, 1.165) is 24.7 Å². The molecule has 6 heteroatoms. The molecule has 0 bridgehead atoms. The Kier molecular flexibility index (Phi) is 4.88. The van der Waals surface area contributed by atoms with Crippen LogP contribution in [0.3, 0.4) is 0 Å². The summed E-state index contributed by atoms with van der Waals surface area (Å²) in [6.45, 7) is 5.97. The van der Waals surface area contributed by atoms with Gasteiger partial charge in [-0.05, 0) is 25.8 Å². The minimum atomic E-state index is -0.0858. The van der Waals surface area contributed by atoms with Crippen molar-refractivity contribution in [2.45, 2.75) is 62.5 Å². The molecule has 2 N–H and O–H groups in total. The lowest BCUT2D eigenvalue weighted by Crippen LogP contribution is -2.34. The largest absolute Gasteiger partial charge is 0.343 e. The molecule has 1 aromatic rings. The van der Waals surface area contributed by atoms with E-state index >= 15 is 0 Å². The minimum Gasteiger partial charge on any atom is -0.313 e. The molecule has 0 saturated heterocycles. The lowest BCUT2D eigenvalue weighted by atomic mass is 10.2. The molecule has 0 aliphatic heterocycles. The van der Waals surface area contributed by atoms with Crippen LogP contribution in [0.5, 0.6) is 0 Å². The molecular formula is C12H22N4OS. The average Bonchev–Trinajstić information content (AvgIpc) is 2.92. The highest BCUT2D eigenvalue weighted by Crippen LogP contribution is 2.33. The molecule has 1 fully saturated rings. The second kappa shape index (κ2) is 6.43. The highest BCUT2D eigenvalue weighted by molar-refractivity contribution is 7.99. The Morgan fingerprint density at radius 3 is 3.06 bits per heavy atom. The van der Waals surface area contributed by atoms with Crippen molar-refractivity contribution in [2.75, 3.05) is 6.54 Å². The van der Waals surface area contributed by atoms with E-state index in [0.29, 0.717) is 11.3 Å². The molecule has 1 aliphatic carbocycles. The van der Waals surface area contributed by atoms with Crippen molar-refractivity contribution in [2.24, 2.45) is 0 Å². The summed E-state index contributed by atoms with van der Waals surface area (Å²) in [5.41, 5.74) is -0.0858. The summed E-state index contributed by atoms with van der Waals surface area (Å²) >= 11 is 1.74. The summed E-state index contributed by atoms with van der Waals surface area (Å²) in [4.78, 5) is 11.6. The fraction of sp³-hybridized carbons (Fsp3) is 0.833. The number of thioether (sulfide) groups is 1. The third-order valence-corrected chi connectivity index (χ3v) is 4.74. The van der Waals surface area contributed by atoms with Crippen LogP contribution >= 0.6 is 11.8 Å². The second-order valence-electron chi connectivity index (χ2n) is 4.71. The first-order chi connectivity index (χ1) is 8.76. The van der Waals surface area contributed by atoms with Crippen LogP contribution in [0.4, 0.5) is 0 Å². The molecule has 0 amide bonds. The Hall–Kier alpha value is -0.750. The van der Waals surface area contributed by atoms with Crippen LogP contribution in [0.25, 0.3) is 0 Å². The van der Waals surface area contributed by atoms with E-state index in [-0.39, 0.29) is 5.69 Å². The van der Waals surface area contributed by atoms with Gasteiger partial charge in [0.1, 0.15) is 0 Å². The topological polar surface area (TPSA) is 62.7 Å². The van der Waals surface area contributed by atoms with E-state index < -0.39 is 0 Å². The van der Waals surface area contributed by atoms with E-state index in [1.165, 1.54) is 19.3 Å². The monoisotopic (exact) mass is 270 g/mol. The normalized spacial score (nSPS) is 23.7. The quantitative estimate of drug-likeness (QED) is 0.824. The first-order valence-electron chi connectivity index (χ1n) is 6.81. The SMILES string of the molecule is CCCn1c(SC2CCCC2NCC)n[nH]c1=O. The number of hydrogen-bond acceptors (Lipinski definition) is 4. The number of aromatic amines is 1. The van der Waals surface area contributed by atoms with Crippen LogP contribution in [0.2, 0.25) is 0 Å². The molecule has 5 nitrogen and oxygen atoms in total. The van der Waals surface area contributed by atoms with E-state index in [9.17, 15) is 4.79 Å². The van der Waals surface area contributed by atoms with Crippen molar-refractivity contribution in [1.82, 2.24) is 20.1 Å². The molecular weight excluding hydrogens is 248 g/mol. The molecule has 1 aliphatic rings. The summed E-state index contributed by atoms with van der Waals surface area (Å²) in [5, 5.41) is 11.6. The van der Waals surface area contributed by atoms with Gasteiger partial charge in [0.05, 0.1) is 0 Å². The Morgan fingerprint density at radius 1 is 1.50 bits per heavy atom. The molecule has 18 heavy (non-hydrogen) atoms. The lowest BCUT2D eigenvalue weighted by molar-refractivity contribution is 0.547. The first kappa shape index (κ1) is 13.7. The van der Waals surface area contributed by atoms with Crippen molar-refractivity contribution in [3.8, 4) is 0 Å². The molecule has 1 heterocycles. The summed E-state index contributed by atoms with van der Waals surface area (Å²) in [6, 6.07) is 0.557. The zero-order chi connectivity index (χ0) is 13.0. The molecule has 0 radical (unpaired) electrons. The zero-order valence-corrected chi connectivity index (χ0v) is 11.9. The molecule has 1 aromatic heterocycles. The van der Waals surface area contributed by atoms with Gasteiger partial charge < -0.3 is 5.32 Å². The number of hydrogen-bond donors (Lipinski definition) is 2. The van der Waals surface area contributed by atoms with Crippen molar-refractivity contribution in [1.29, 1.82) is 0 Å². The zero-order valence-electron chi connectivity index (χ0n) is 11.1. The maximum absolute atomic E-state index is 11.6. The van der Waals surface area contributed by atoms with Crippen molar-refractivity contribution < 1.29 is 0 Å². The number of nitrogens with one attached hydrogen (secondary N) is 2. The smallest absolute Gasteiger partial charge is 0.313 e. The number of nitrogens with zero attached hydrogens (tertiary/aromatic N) is 2. The summed E-state index contributed by atoms with van der Waals surface area (Å²) < 4.78 is 1.76. The Bertz CT molecular complexity index is 428. The fourth-order valence-electron chi connectivity index (χ4n) is 2.51. The van der Waals surface area contributed by atoms with Crippen LogP contribution in [0, 0.1) is 0 Å². The Balaban J connectivity index is 2.06. The van der Waals surface area contributed by atoms with Crippen LogP contribution in [-0.4, -0.2) is 32.6 Å². The molecule has 2 rings (SSSR count). The standard InChI is InChI=1S/C12H22N4OS/c1-3-8-16-11(17)14-15-12(16)18-10-7-5-6-9(10)13-4-2/h9-10,13H,3-8H2,1-2H3,(H,14,17). The van der Waals surface area contributed by atoms with Crippen LogP contribution in [0.15, 0.2) is 9.95 Å². The van der Waals surface area contributed by atoms with Gasteiger partial charge >= 0.3 is 5.69 Å². The lowest BCUT2D eigenvalue weighted by Gasteiger charge is -2.19. The molecule has 2 atom stereocenters. The Labute approximate surface area is 112 Å². The Morgan fingerprint density at radius 2 is 2.33 bits per heavy atom. The predicted octanol–water partition coefficient (Wildman–Crippen LogP) is 1.60. The van der Waals surface area contributed by atoms with E-state index in [1.807, 2.05) is 0 Å². The molecule has 2 unspecified atom stereocenters. The van der Waals surface area contributed by atoms with Gasteiger partial charge in [-0.25, -0.2) is 9.89 Å². The van der Waals surface area contributed by atoms with Gasteiger partial charge in [-0.2, -0.15) is 0 Å². The third-order valence-electron chi connectivity index (χ3n) is 3.35. The van der Waals surface area contributed by atoms with Gasteiger partial charge in [0.15, 0.2) is 5.16 Å². The predicted molar refractivity (Wildman–Crippen MR) is 74.1 cm³/mol. The highest BCUT2D eigenvalue weighted by atomic mass is 32.2. The maximum Gasteiger partial charge on any atom is 0.343 e. The van der Waals surface area contributed by atoms with Crippen molar-refractivity contribution in [3.05, 3.63) is 10.5 Å². The molecule has 1 saturated carbocycles.